The molecule has 0 aliphatic heterocycles. The van der Waals surface area contributed by atoms with Gasteiger partial charge in [0.25, 0.3) is 0 Å². The molecular weight excluding hydrogens is 254 g/mol. The molecule has 0 aromatic heterocycles. The van der Waals surface area contributed by atoms with E-state index in [1.807, 2.05) is 13.1 Å². The predicted octanol–water partition coefficient (Wildman–Crippen LogP) is 4.65. The molecule has 2 heteroatoms. The first-order valence-corrected chi connectivity index (χ1v) is 6.92. The van der Waals surface area contributed by atoms with Gasteiger partial charge in [0.1, 0.15) is 0 Å². The normalized spacial score (nSPS) is 10.8. The van der Waals surface area contributed by atoms with Crippen molar-refractivity contribution < 1.29 is 0 Å². The Balaban J connectivity index is 2.53. The van der Waals surface area contributed by atoms with Crippen molar-refractivity contribution in [2.45, 2.75) is 27.3 Å². The smallest absolute Gasteiger partial charge is 0.0451 e. The third-order valence-corrected chi connectivity index (χ3v) is 3.93. The van der Waals surface area contributed by atoms with Crippen molar-refractivity contribution in [1.82, 2.24) is 5.32 Å². The second kappa shape index (κ2) is 5.77. The van der Waals surface area contributed by atoms with Gasteiger partial charge in [-0.15, -0.1) is 0 Å². The zero-order valence-corrected chi connectivity index (χ0v) is 12.7. The summed E-state index contributed by atoms with van der Waals surface area (Å²) in [6.45, 7) is 7.26. The molecule has 0 spiro atoms. The minimum atomic E-state index is 0.788. The maximum atomic E-state index is 6.22. The predicted molar refractivity (Wildman–Crippen MR) is 83.9 cm³/mol. The molecule has 100 valence electrons. The highest BCUT2D eigenvalue weighted by molar-refractivity contribution is 6.31. The molecule has 0 amide bonds. The summed E-state index contributed by atoms with van der Waals surface area (Å²) in [5.41, 5.74) is 7.63. The van der Waals surface area contributed by atoms with Crippen LogP contribution in [0.15, 0.2) is 30.3 Å². The molecule has 0 fully saturated rings. The van der Waals surface area contributed by atoms with Crippen molar-refractivity contribution in [2.24, 2.45) is 0 Å². The maximum Gasteiger partial charge on any atom is 0.0451 e. The molecule has 0 unspecified atom stereocenters. The topological polar surface area (TPSA) is 12.0 Å². The van der Waals surface area contributed by atoms with Crippen LogP contribution in [0.25, 0.3) is 11.1 Å². The Bertz CT molecular complexity index is 602. The van der Waals surface area contributed by atoms with Crippen LogP contribution in [0.4, 0.5) is 0 Å². The number of aryl methyl sites for hydroxylation is 3. The quantitative estimate of drug-likeness (QED) is 0.858. The Kier molecular flexibility index (Phi) is 4.28. The summed E-state index contributed by atoms with van der Waals surface area (Å²) in [7, 11) is 1.93. The number of rotatable bonds is 3. The molecule has 1 N–H and O–H groups in total. The Hall–Kier alpha value is -1.31. The standard InChI is InChI=1S/C17H20ClN/c1-11-7-13(3)16(8-12(11)2)14-5-6-17(18)15(9-14)10-19-4/h5-9,19H,10H2,1-4H3. The van der Waals surface area contributed by atoms with Crippen LogP contribution in [0.1, 0.15) is 22.3 Å². The van der Waals surface area contributed by atoms with E-state index in [1.54, 1.807) is 0 Å². The molecule has 2 aromatic carbocycles. The summed E-state index contributed by atoms with van der Waals surface area (Å²) in [5, 5.41) is 3.97. The summed E-state index contributed by atoms with van der Waals surface area (Å²) in [6, 6.07) is 10.8. The molecule has 2 aromatic rings. The fourth-order valence-electron chi connectivity index (χ4n) is 2.34. The van der Waals surface area contributed by atoms with Crippen LogP contribution in [0.2, 0.25) is 5.02 Å². The molecule has 0 aliphatic carbocycles. The lowest BCUT2D eigenvalue weighted by Crippen LogP contribution is -2.05. The molecule has 19 heavy (non-hydrogen) atoms. The van der Waals surface area contributed by atoms with E-state index in [0.29, 0.717) is 0 Å². The largest absolute Gasteiger partial charge is 0.316 e. The molecule has 0 saturated carbocycles. The van der Waals surface area contributed by atoms with Crippen molar-refractivity contribution in [3.8, 4) is 11.1 Å². The van der Waals surface area contributed by atoms with Gasteiger partial charge in [-0.25, -0.2) is 0 Å². The number of benzene rings is 2. The second-order valence-corrected chi connectivity index (χ2v) is 5.50. The fourth-order valence-corrected chi connectivity index (χ4v) is 2.52. The van der Waals surface area contributed by atoms with Gasteiger partial charge in [0.15, 0.2) is 0 Å². The van der Waals surface area contributed by atoms with Crippen LogP contribution < -0.4 is 5.32 Å². The van der Waals surface area contributed by atoms with Crippen LogP contribution in [0.3, 0.4) is 0 Å². The number of nitrogens with one attached hydrogen (secondary N) is 1. The first kappa shape index (κ1) is 14.1. The zero-order valence-electron chi connectivity index (χ0n) is 12.0. The van der Waals surface area contributed by atoms with Gasteiger partial charge < -0.3 is 5.32 Å². The first-order valence-electron chi connectivity index (χ1n) is 6.54. The van der Waals surface area contributed by atoms with Gasteiger partial charge >= 0.3 is 0 Å². The minimum absolute atomic E-state index is 0.788. The third kappa shape index (κ3) is 2.99. The number of hydrogen-bond acceptors (Lipinski definition) is 1. The molecule has 0 radical (unpaired) electrons. The van der Waals surface area contributed by atoms with Gasteiger partial charge in [0.05, 0.1) is 0 Å². The summed E-state index contributed by atoms with van der Waals surface area (Å²) < 4.78 is 0. The molecule has 0 atom stereocenters. The summed E-state index contributed by atoms with van der Waals surface area (Å²) >= 11 is 6.22. The van der Waals surface area contributed by atoms with E-state index in [4.69, 9.17) is 11.6 Å². The van der Waals surface area contributed by atoms with Gasteiger partial charge in [0, 0.05) is 11.6 Å². The Morgan fingerprint density at radius 2 is 1.63 bits per heavy atom. The van der Waals surface area contributed by atoms with E-state index in [0.717, 1.165) is 17.1 Å². The second-order valence-electron chi connectivity index (χ2n) is 5.09. The molecule has 0 aliphatic rings. The highest BCUT2D eigenvalue weighted by atomic mass is 35.5. The number of hydrogen-bond donors (Lipinski definition) is 1. The van der Waals surface area contributed by atoms with Gasteiger partial charge in [-0.1, -0.05) is 29.8 Å². The Morgan fingerprint density at radius 1 is 0.947 bits per heavy atom. The zero-order chi connectivity index (χ0) is 14.0. The van der Waals surface area contributed by atoms with Crippen molar-refractivity contribution in [3.63, 3.8) is 0 Å². The van der Waals surface area contributed by atoms with Crippen molar-refractivity contribution in [1.29, 1.82) is 0 Å². The van der Waals surface area contributed by atoms with Crippen LogP contribution in [-0.2, 0) is 6.54 Å². The van der Waals surface area contributed by atoms with Crippen molar-refractivity contribution in [2.75, 3.05) is 7.05 Å². The monoisotopic (exact) mass is 273 g/mol. The number of halogens is 1. The molecule has 0 saturated heterocycles. The lowest BCUT2D eigenvalue weighted by atomic mass is 9.94. The fraction of sp³-hybridized carbons (Fsp3) is 0.294. The van der Waals surface area contributed by atoms with Gasteiger partial charge in [-0.2, -0.15) is 0 Å². The van der Waals surface area contributed by atoms with E-state index >= 15 is 0 Å². The van der Waals surface area contributed by atoms with E-state index in [9.17, 15) is 0 Å². The summed E-state index contributed by atoms with van der Waals surface area (Å²) in [6.07, 6.45) is 0. The Morgan fingerprint density at radius 3 is 2.32 bits per heavy atom. The lowest BCUT2D eigenvalue weighted by Gasteiger charge is -2.12. The highest BCUT2D eigenvalue weighted by Gasteiger charge is 2.07. The van der Waals surface area contributed by atoms with E-state index in [1.165, 1.54) is 27.8 Å². The average molecular weight is 274 g/mol. The molecule has 1 nitrogen and oxygen atoms in total. The highest BCUT2D eigenvalue weighted by Crippen LogP contribution is 2.29. The van der Waals surface area contributed by atoms with Crippen molar-refractivity contribution >= 4 is 11.6 Å². The first-order chi connectivity index (χ1) is 9.02. The molecule has 2 rings (SSSR count). The third-order valence-electron chi connectivity index (χ3n) is 3.56. The van der Waals surface area contributed by atoms with Crippen LogP contribution in [-0.4, -0.2) is 7.05 Å². The van der Waals surface area contributed by atoms with Crippen LogP contribution >= 0.6 is 11.6 Å². The summed E-state index contributed by atoms with van der Waals surface area (Å²) in [4.78, 5) is 0. The van der Waals surface area contributed by atoms with Gasteiger partial charge in [0.2, 0.25) is 0 Å². The summed E-state index contributed by atoms with van der Waals surface area (Å²) in [5.74, 6) is 0. The van der Waals surface area contributed by atoms with Gasteiger partial charge in [-0.3, -0.25) is 0 Å². The minimum Gasteiger partial charge on any atom is -0.316 e. The van der Waals surface area contributed by atoms with Crippen molar-refractivity contribution in [3.05, 3.63) is 57.6 Å². The van der Waals surface area contributed by atoms with Crippen LogP contribution in [0, 0.1) is 20.8 Å². The lowest BCUT2D eigenvalue weighted by molar-refractivity contribution is 0.818. The van der Waals surface area contributed by atoms with Crippen LogP contribution in [0.5, 0.6) is 0 Å². The van der Waals surface area contributed by atoms with Gasteiger partial charge in [-0.05, 0) is 73.3 Å². The molecule has 0 heterocycles. The molecular formula is C17H20ClN. The Labute approximate surface area is 120 Å². The molecule has 0 bridgehead atoms. The average Bonchev–Trinajstić information content (AvgIpc) is 2.37. The van der Waals surface area contributed by atoms with E-state index in [-0.39, 0.29) is 0 Å². The van der Waals surface area contributed by atoms with E-state index < -0.39 is 0 Å². The maximum absolute atomic E-state index is 6.22. The SMILES string of the molecule is CNCc1cc(-c2cc(C)c(C)cc2C)ccc1Cl. The van der Waals surface area contributed by atoms with E-state index in [2.05, 4.69) is 50.4 Å².